The van der Waals surface area contributed by atoms with Crippen LogP contribution in [0.2, 0.25) is 10.0 Å². The van der Waals surface area contributed by atoms with Crippen molar-refractivity contribution in [2.24, 2.45) is 0 Å². The van der Waals surface area contributed by atoms with E-state index in [1.807, 2.05) is 30.3 Å². The van der Waals surface area contributed by atoms with Crippen molar-refractivity contribution < 1.29 is 4.79 Å². The lowest BCUT2D eigenvalue weighted by atomic mass is 10.2. The summed E-state index contributed by atoms with van der Waals surface area (Å²) in [6, 6.07) is 14.5. The van der Waals surface area contributed by atoms with Gasteiger partial charge < -0.3 is 5.32 Å². The van der Waals surface area contributed by atoms with E-state index in [1.165, 1.54) is 6.20 Å². The van der Waals surface area contributed by atoms with Gasteiger partial charge in [0.1, 0.15) is 0 Å². The summed E-state index contributed by atoms with van der Waals surface area (Å²) in [7, 11) is 0. The molecule has 0 atom stereocenters. The van der Waals surface area contributed by atoms with Gasteiger partial charge in [-0.25, -0.2) is 9.97 Å². The number of aryl methyl sites for hydroxylation is 1. The highest BCUT2D eigenvalue weighted by atomic mass is 35.5. The van der Waals surface area contributed by atoms with Crippen LogP contribution in [0.15, 0.2) is 54.7 Å². The lowest BCUT2D eigenvalue weighted by Gasteiger charge is -2.10. The molecule has 3 aromatic rings. The number of nitrogens with one attached hydrogen (secondary N) is 1. The zero-order valence-corrected chi connectivity index (χ0v) is 14.3. The molecule has 3 rings (SSSR count). The number of anilines is 1. The van der Waals surface area contributed by atoms with Gasteiger partial charge in [0.2, 0.25) is 0 Å². The van der Waals surface area contributed by atoms with E-state index in [1.54, 1.807) is 25.1 Å². The predicted molar refractivity (Wildman–Crippen MR) is 96.6 cm³/mol. The molecule has 1 heterocycles. The zero-order chi connectivity index (χ0) is 17.1. The highest BCUT2D eigenvalue weighted by Gasteiger charge is 2.14. The van der Waals surface area contributed by atoms with Crippen molar-refractivity contribution in [2.45, 2.75) is 6.92 Å². The van der Waals surface area contributed by atoms with E-state index in [9.17, 15) is 4.79 Å². The normalized spacial score (nSPS) is 10.5. The summed E-state index contributed by atoms with van der Waals surface area (Å²) in [6.45, 7) is 1.77. The Morgan fingerprint density at radius 1 is 1.08 bits per heavy atom. The van der Waals surface area contributed by atoms with E-state index < -0.39 is 0 Å². The third kappa shape index (κ3) is 3.55. The zero-order valence-electron chi connectivity index (χ0n) is 12.8. The lowest BCUT2D eigenvalue weighted by Crippen LogP contribution is -2.15. The highest BCUT2D eigenvalue weighted by Crippen LogP contribution is 2.26. The minimum Gasteiger partial charge on any atom is -0.321 e. The number of benzene rings is 2. The molecular weight excluding hydrogens is 345 g/mol. The van der Waals surface area contributed by atoms with Crippen LogP contribution in [-0.4, -0.2) is 15.9 Å². The van der Waals surface area contributed by atoms with E-state index in [-0.39, 0.29) is 5.91 Å². The number of nitrogens with zero attached hydrogens (tertiary/aromatic N) is 2. The molecule has 0 saturated heterocycles. The highest BCUT2D eigenvalue weighted by molar-refractivity contribution is 6.36. The van der Waals surface area contributed by atoms with E-state index in [0.29, 0.717) is 32.8 Å². The summed E-state index contributed by atoms with van der Waals surface area (Å²) in [5.74, 6) is 0.255. The second-order valence-corrected chi connectivity index (χ2v) is 5.98. The van der Waals surface area contributed by atoms with E-state index in [4.69, 9.17) is 23.2 Å². The van der Waals surface area contributed by atoms with Crippen LogP contribution in [0.1, 0.15) is 16.1 Å². The first-order valence-corrected chi connectivity index (χ1v) is 7.95. The van der Waals surface area contributed by atoms with Gasteiger partial charge in [0.05, 0.1) is 22.0 Å². The Kier molecular flexibility index (Phi) is 4.79. The second kappa shape index (κ2) is 6.99. The Morgan fingerprint density at radius 2 is 1.83 bits per heavy atom. The van der Waals surface area contributed by atoms with Gasteiger partial charge in [-0.3, -0.25) is 4.79 Å². The predicted octanol–water partition coefficient (Wildman–Crippen LogP) is 5.01. The van der Waals surface area contributed by atoms with Crippen molar-refractivity contribution >= 4 is 34.8 Å². The van der Waals surface area contributed by atoms with Crippen molar-refractivity contribution in [3.63, 3.8) is 0 Å². The van der Waals surface area contributed by atoms with Crippen LogP contribution in [0, 0.1) is 6.92 Å². The van der Waals surface area contributed by atoms with Crippen molar-refractivity contribution in [3.8, 4) is 11.4 Å². The van der Waals surface area contributed by atoms with Crippen LogP contribution in [0.25, 0.3) is 11.4 Å². The van der Waals surface area contributed by atoms with Crippen LogP contribution in [0.5, 0.6) is 0 Å². The Labute approximate surface area is 149 Å². The molecule has 4 nitrogen and oxygen atoms in total. The Hall–Kier alpha value is -2.43. The quantitative estimate of drug-likeness (QED) is 0.716. The molecule has 6 heteroatoms. The average Bonchev–Trinajstić information content (AvgIpc) is 2.58. The van der Waals surface area contributed by atoms with Gasteiger partial charge in [-0.1, -0.05) is 53.5 Å². The van der Waals surface area contributed by atoms with Gasteiger partial charge in [-0.05, 0) is 25.1 Å². The molecule has 0 aliphatic carbocycles. The summed E-state index contributed by atoms with van der Waals surface area (Å²) < 4.78 is 0. The van der Waals surface area contributed by atoms with Crippen molar-refractivity contribution in [2.75, 3.05) is 5.32 Å². The fraction of sp³-hybridized carbons (Fsp3) is 0.0556. The molecule has 0 aliphatic heterocycles. The summed E-state index contributed by atoms with van der Waals surface area (Å²) in [5.41, 5.74) is 2.36. The number of hydrogen-bond donors (Lipinski definition) is 1. The molecule has 0 unspecified atom stereocenters. The maximum absolute atomic E-state index is 12.4. The van der Waals surface area contributed by atoms with Crippen LogP contribution >= 0.6 is 23.2 Å². The molecule has 0 fully saturated rings. The molecule has 1 aromatic heterocycles. The molecule has 0 spiro atoms. The number of halogens is 2. The molecule has 0 radical (unpaired) electrons. The van der Waals surface area contributed by atoms with Gasteiger partial charge in [0.25, 0.3) is 5.91 Å². The summed E-state index contributed by atoms with van der Waals surface area (Å²) in [5, 5.41) is 3.62. The number of hydrogen-bond acceptors (Lipinski definition) is 3. The van der Waals surface area contributed by atoms with E-state index >= 15 is 0 Å². The third-order valence-electron chi connectivity index (χ3n) is 3.44. The molecule has 24 heavy (non-hydrogen) atoms. The Balaban J connectivity index is 1.85. The molecular formula is C18H13Cl2N3O. The Bertz CT molecular complexity index is 898. The standard InChI is InChI=1S/C18H13Cl2N3O/c1-11-14(10-21-17(22-11)12-5-3-2-4-6-12)18(24)23-16-8-7-13(19)9-15(16)20/h2-10H,1H3,(H,23,24). The molecule has 0 aliphatic rings. The van der Waals surface area contributed by atoms with E-state index in [2.05, 4.69) is 15.3 Å². The monoisotopic (exact) mass is 357 g/mol. The molecule has 1 amide bonds. The number of rotatable bonds is 3. The summed E-state index contributed by atoms with van der Waals surface area (Å²) in [6.07, 6.45) is 1.52. The van der Waals surface area contributed by atoms with Crippen molar-refractivity contribution in [3.05, 3.63) is 76.0 Å². The largest absolute Gasteiger partial charge is 0.321 e. The van der Waals surface area contributed by atoms with Crippen LogP contribution in [0.4, 0.5) is 5.69 Å². The number of carbonyl (C=O) groups excluding carboxylic acids is 1. The molecule has 2 aromatic carbocycles. The summed E-state index contributed by atoms with van der Waals surface area (Å²) in [4.78, 5) is 21.1. The summed E-state index contributed by atoms with van der Waals surface area (Å²) >= 11 is 11.9. The van der Waals surface area contributed by atoms with Gasteiger partial charge in [0, 0.05) is 16.8 Å². The SMILES string of the molecule is Cc1nc(-c2ccccc2)ncc1C(=O)Nc1ccc(Cl)cc1Cl. The number of aromatic nitrogens is 2. The topological polar surface area (TPSA) is 54.9 Å². The fourth-order valence-corrected chi connectivity index (χ4v) is 2.65. The average molecular weight is 358 g/mol. The van der Waals surface area contributed by atoms with Crippen molar-refractivity contribution in [1.29, 1.82) is 0 Å². The fourth-order valence-electron chi connectivity index (χ4n) is 2.20. The molecule has 1 N–H and O–H groups in total. The van der Waals surface area contributed by atoms with Crippen LogP contribution < -0.4 is 5.32 Å². The maximum atomic E-state index is 12.4. The number of amides is 1. The second-order valence-electron chi connectivity index (χ2n) is 5.14. The first-order chi connectivity index (χ1) is 11.5. The smallest absolute Gasteiger partial charge is 0.259 e. The lowest BCUT2D eigenvalue weighted by molar-refractivity contribution is 0.102. The van der Waals surface area contributed by atoms with Gasteiger partial charge in [0.15, 0.2) is 5.82 Å². The van der Waals surface area contributed by atoms with Gasteiger partial charge in [-0.15, -0.1) is 0 Å². The van der Waals surface area contributed by atoms with Crippen LogP contribution in [-0.2, 0) is 0 Å². The van der Waals surface area contributed by atoms with Gasteiger partial charge >= 0.3 is 0 Å². The van der Waals surface area contributed by atoms with Gasteiger partial charge in [-0.2, -0.15) is 0 Å². The van der Waals surface area contributed by atoms with E-state index in [0.717, 1.165) is 5.56 Å². The van der Waals surface area contributed by atoms with Crippen molar-refractivity contribution in [1.82, 2.24) is 9.97 Å². The number of carbonyl (C=O) groups is 1. The maximum Gasteiger partial charge on any atom is 0.259 e. The van der Waals surface area contributed by atoms with Crippen LogP contribution in [0.3, 0.4) is 0 Å². The first kappa shape index (κ1) is 16.4. The molecule has 0 saturated carbocycles. The molecule has 120 valence electrons. The minimum atomic E-state index is -0.323. The first-order valence-electron chi connectivity index (χ1n) is 7.20. The third-order valence-corrected chi connectivity index (χ3v) is 3.98. The minimum absolute atomic E-state index is 0.323. The Morgan fingerprint density at radius 3 is 2.50 bits per heavy atom. The molecule has 0 bridgehead atoms.